The van der Waals surface area contributed by atoms with Crippen LogP contribution in [-0.4, -0.2) is 15.7 Å². The molecular formula is C16H13N3O3. The normalized spacial score (nSPS) is 10.5. The van der Waals surface area contributed by atoms with Crippen LogP contribution in [0, 0.1) is 0 Å². The minimum Gasteiger partial charge on any atom is -0.324 e. The van der Waals surface area contributed by atoms with Crippen LogP contribution < -0.4 is 16.4 Å². The summed E-state index contributed by atoms with van der Waals surface area (Å²) < 4.78 is 1.02. The minimum atomic E-state index is -0.404. The van der Waals surface area contributed by atoms with E-state index < -0.39 is 11.1 Å². The fourth-order valence-corrected chi connectivity index (χ4v) is 2.22. The van der Waals surface area contributed by atoms with Crippen molar-refractivity contribution in [2.75, 3.05) is 5.32 Å². The van der Waals surface area contributed by atoms with Crippen molar-refractivity contribution < 1.29 is 4.79 Å². The van der Waals surface area contributed by atoms with Gasteiger partial charge in [0.25, 0.3) is 11.1 Å². The van der Waals surface area contributed by atoms with Crippen molar-refractivity contribution in [1.29, 1.82) is 0 Å². The predicted molar refractivity (Wildman–Crippen MR) is 83.9 cm³/mol. The molecule has 6 heteroatoms. The molecule has 3 aromatic rings. The van der Waals surface area contributed by atoms with E-state index in [0.29, 0.717) is 16.5 Å². The summed E-state index contributed by atoms with van der Waals surface area (Å²) in [4.78, 5) is 36.2. The van der Waals surface area contributed by atoms with Crippen LogP contribution in [-0.2, 0) is 11.3 Å². The second-order valence-corrected chi connectivity index (χ2v) is 4.79. The highest BCUT2D eigenvalue weighted by Gasteiger charge is 2.10. The zero-order valence-corrected chi connectivity index (χ0v) is 11.6. The molecule has 2 aromatic carbocycles. The van der Waals surface area contributed by atoms with Gasteiger partial charge in [0, 0.05) is 5.69 Å². The number of nitrogens with zero attached hydrogens (tertiary/aromatic N) is 1. The van der Waals surface area contributed by atoms with Gasteiger partial charge in [0.2, 0.25) is 5.91 Å². The first kappa shape index (κ1) is 13.8. The van der Waals surface area contributed by atoms with Crippen LogP contribution in [0.15, 0.2) is 64.2 Å². The molecule has 1 aromatic heterocycles. The first-order valence-corrected chi connectivity index (χ1v) is 6.72. The topological polar surface area (TPSA) is 84.0 Å². The molecule has 0 radical (unpaired) electrons. The summed E-state index contributed by atoms with van der Waals surface area (Å²) in [7, 11) is 0. The van der Waals surface area contributed by atoms with Crippen LogP contribution in [0.5, 0.6) is 0 Å². The van der Waals surface area contributed by atoms with E-state index in [1.165, 1.54) is 0 Å². The van der Waals surface area contributed by atoms with E-state index in [1.54, 1.807) is 48.5 Å². The Morgan fingerprint density at radius 3 is 2.32 bits per heavy atom. The first-order valence-electron chi connectivity index (χ1n) is 6.72. The molecule has 0 fully saturated rings. The lowest BCUT2D eigenvalue weighted by atomic mass is 10.2. The molecule has 0 atom stereocenters. The molecule has 2 N–H and O–H groups in total. The van der Waals surface area contributed by atoms with Crippen molar-refractivity contribution in [3.63, 3.8) is 0 Å². The number of fused-ring (bicyclic) bond motifs is 1. The maximum atomic E-state index is 12.3. The zero-order chi connectivity index (χ0) is 15.5. The van der Waals surface area contributed by atoms with E-state index in [9.17, 15) is 14.4 Å². The summed E-state index contributed by atoms with van der Waals surface area (Å²) >= 11 is 0. The van der Waals surface area contributed by atoms with E-state index in [0.717, 1.165) is 4.68 Å². The fourth-order valence-electron chi connectivity index (χ4n) is 2.22. The standard InChI is InChI=1S/C16H13N3O3/c20-14(17-11-6-2-1-3-7-11)10-19-16(22)13-9-5-4-8-12(13)15(21)18-19/h1-9H,10H2,(H,17,20)(H,18,21). The number of aromatic nitrogens is 2. The smallest absolute Gasteiger partial charge is 0.273 e. The number of rotatable bonds is 3. The Morgan fingerprint density at radius 2 is 1.59 bits per heavy atom. The average Bonchev–Trinajstić information content (AvgIpc) is 2.53. The highest BCUT2D eigenvalue weighted by Crippen LogP contribution is 2.05. The van der Waals surface area contributed by atoms with Gasteiger partial charge in [-0.25, -0.2) is 4.68 Å². The van der Waals surface area contributed by atoms with Gasteiger partial charge in [0.05, 0.1) is 10.8 Å². The number of para-hydroxylation sites is 1. The molecule has 1 heterocycles. The fraction of sp³-hybridized carbons (Fsp3) is 0.0625. The Bertz CT molecular complexity index is 942. The van der Waals surface area contributed by atoms with Gasteiger partial charge >= 0.3 is 0 Å². The van der Waals surface area contributed by atoms with Crippen molar-refractivity contribution in [2.24, 2.45) is 0 Å². The van der Waals surface area contributed by atoms with Gasteiger partial charge in [-0.3, -0.25) is 19.5 Å². The molecule has 6 nitrogen and oxygen atoms in total. The van der Waals surface area contributed by atoms with Crippen molar-refractivity contribution in [2.45, 2.75) is 6.54 Å². The Hall–Kier alpha value is -3.15. The minimum absolute atomic E-state index is 0.256. The number of benzene rings is 2. The van der Waals surface area contributed by atoms with Gasteiger partial charge in [-0.15, -0.1) is 0 Å². The maximum absolute atomic E-state index is 12.3. The lowest BCUT2D eigenvalue weighted by Gasteiger charge is -2.08. The van der Waals surface area contributed by atoms with Crippen LogP contribution in [0.4, 0.5) is 5.69 Å². The van der Waals surface area contributed by atoms with Crippen molar-refractivity contribution >= 4 is 22.4 Å². The highest BCUT2D eigenvalue weighted by atomic mass is 16.2. The molecule has 1 amide bonds. The lowest BCUT2D eigenvalue weighted by molar-refractivity contribution is -0.117. The van der Waals surface area contributed by atoms with Crippen LogP contribution >= 0.6 is 0 Å². The molecule has 0 aliphatic heterocycles. The summed E-state index contributed by atoms with van der Waals surface area (Å²) in [6, 6.07) is 15.4. The molecule has 22 heavy (non-hydrogen) atoms. The average molecular weight is 295 g/mol. The van der Waals surface area contributed by atoms with Crippen LogP contribution in [0.25, 0.3) is 10.8 Å². The van der Waals surface area contributed by atoms with Gasteiger partial charge in [0.15, 0.2) is 0 Å². The van der Waals surface area contributed by atoms with E-state index >= 15 is 0 Å². The molecular weight excluding hydrogens is 282 g/mol. The number of carbonyl (C=O) groups excluding carboxylic acids is 1. The van der Waals surface area contributed by atoms with Gasteiger partial charge in [0.1, 0.15) is 6.54 Å². The number of anilines is 1. The van der Waals surface area contributed by atoms with Gasteiger partial charge in [-0.2, -0.15) is 0 Å². The summed E-state index contributed by atoms with van der Waals surface area (Å²) in [5.41, 5.74) is -0.176. The third kappa shape index (κ3) is 2.67. The van der Waals surface area contributed by atoms with E-state index in [1.807, 2.05) is 6.07 Å². The van der Waals surface area contributed by atoms with E-state index in [4.69, 9.17) is 0 Å². The SMILES string of the molecule is O=C(Cn1[nH]c(=O)c2ccccc2c1=O)Nc1ccccc1. The number of carbonyl (C=O) groups is 1. The lowest BCUT2D eigenvalue weighted by Crippen LogP contribution is -2.34. The molecule has 0 saturated heterocycles. The number of hydrogen-bond acceptors (Lipinski definition) is 3. The third-order valence-corrected chi connectivity index (χ3v) is 3.24. The van der Waals surface area contributed by atoms with Crippen LogP contribution in [0.2, 0.25) is 0 Å². The summed E-state index contributed by atoms with van der Waals surface area (Å²) in [6.07, 6.45) is 0. The number of hydrogen-bond donors (Lipinski definition) is 2. The molecule has 110 valence electrons. The highest BCUT2D eigenvalue weighted by molar-refractivity contribution is 5.90. The van der Waals surface area contributed by atoms with Crippen molar-refractivity contribution in [1.82, 2.24) is 9.78 Å². The number of nitrogens with one attached hydrogen (secondary N) is 2. The Labute approximate surface area is 125 Å². The molecule has 0 aliphatic rings. The monoisotopic (exact) mass is 295 g/mol. The third-order valence-electron chi connectivity index (χ3n) is 3.24. The Kier molecular flexibility index (Phi) is 3.57. The quantitative estimate of drug-likeness (QED) is 0.764. The Balaban J connectivity index is 1.91. The maximum Gasteiger partial charge on any atom is 0.273 e. The van der Waals surface area contributed by atoms with Gasteiger partial charge in [-0.1, -0.05) is 30.3 Å². The second kappa shape index (κ2) is 5.69. The van der Waals surface area contributed by atoms with Crippen molar-refractivity contribution in [3.05, 3.63) is 75.3 Å². The Morgan fingerprint density at radius 1 is 0.955 bits per heavy atom. The van der Waals surface area contributed by atoms with Crippen LogP contribution in [0.3, 0.4) is 0 Å². The van der Waals surface area contributed by atoms with E-state index in [2.05, 4.69) is 10.4 Å². The summed E-state index contributed by atoms with van der Waals surface area (Å²) in [5, 5.41) is 5.69. The molecule has 0 saturated carbocycles. The second-order valence-electron chi connectivity index (χ2n) is 4.79. The van der Waals surface area contributed by atoms with E-state index in [-0.39, 0.29) is 12.5 Å². The number of amides is 1. The zero-order valence-electron chi connectivity index (χ0n) is 11.6. The first-order chi connectivity index (χ1) is 10.6. The van der Waals surface area contributed by atoms with Crippen LogP contribution in [0.1, 0.15) is 0 Å². The number of H-pyrrole nitrogens is 1. The molecule has 3 rings (SSSR count). The predicted octanol–water partition coefficient (Wildman–Crippen LogP) is 1.33. The van der Waals surface area contributed by atoms with Gasteiger partial charge < -0.3 is 5.32 Å². The molecule has 0 spiro atoms. The number of aromatic amines is 1. The molecule has 0 bridgehead atoms. The van der Waals surface area contributed by atoms with Gasteiger partial charge in [-0.05, 0) is 24.3 Å². The molecule has 0 unspecified atom stereocenters. The largest absolute Gasteiger partial charge is 0.324 e. The summed E-state index contributed by atoms with van der Waals surface area (Å²) in [5.74, 6) is -0.390. The van der Waals surface area contributed by atoms with Crippen molar-refractivity contribution in [3.8, 4) is 0 Å². The molecule has 0 aliphatic carbocycles. The summed E-state index contributed by atoms with van der Waals surface area (Å²) in [6.45, 7) is -0.256.